The molecule has 1 nitrogen and oxygen atoms in total. The van der Waals surface area contributed by atoms with E-state index in [-0.39, 0.29) is 0 Å². The van der Waals surface area contributed by atoms with E-state index in [0.29, 0.717) is 12.0 Å². The molecule has 2 atom stereocenters. The Kier molecular flexibility index (Phi) is 4.24. The number of alkyl halides is 1. The van der Waals surface area contributed by atoms with Gasteiger partial charge in [0.15, 0.2) is 0 Å². The molecule has 0 aromatic heterocycles. The summed E-state index contributed by atoms with van der Waals surface area (Å²) in [5.41, 5.74) is 0. The van der Waals surface area contributed by atoms with Crippen LogP contribution in [0.2, 0.25) is 0 Å². The molecule has 1 aliphatic carbocycles. The average Bonchev–Trinajstić information content (AvgIpc) is 2.01. The molecule has 0 aliphatic heterocycles. The van der Waals surface area contributed by atoms with Crippen LogP contribution < -0.4 is 0 Å². The number of rotatable bonds is 3. The van der Waals surface area contributed by atoms with Crippen LogP contribution >= 0.6 is 11.6 Å². The molecule has 0 radical (unpaired) electrons. The third kappa shape index (κ3) is 3.44. The van der Waals surface area contributed by atoms with Gasteiger partial charge in [0.2, 0.25) is 0 Å². The molecule has 1 rings (SSSR count). The smallest absolute Gasteiger partial charge is 0.0431 e. The molecule has 0 aromatic carbocycles. The summed E-state index contributed by atoms with van der Waals surface area (Å²) in [6.07, 6.45) is 7.08. The van der Waals surface area contributed by atoms with Gasteiger partial charge in [-0.1, -0.05) is 12.8 Å². The van der Waals surface area contributed by atoms with Gasteiger partial charge in [-0.15, -0.1) is 11.6 Å². The van der Waals surface area contributed by atoms with Crippen molar-refractivity contribution in [3.8, 4) is 0 Å². The molecule has 0 saturated heterocycles. The normalized spacial score (nSPS) is 32.2. The lowest BCUT2D eigenvalue weighted by molar-refractivity contribution is 0.254. The first kappa shape index (κ1) is 9.34. The summed E-state index contributed by atoms with van der Waals surface area (Å²) in [6.45, 7) is 0.337. The first-order valence-electron chi connectivity index (χ1n) is 4.58. The third-order valence-electron chi connectivity index (χ3n) is 2.49. The lowest BCUT2D eigenvalue weighted by Gasteiger charge is -2.24. The Morgan fingerprint density at radius 2 is 2.18 bits per heavy atom. The molecule has 2 heteroatoms. The van der Waals surface area contributed by atoms with E-state index in [1.165, 1.54) is 32.1 Å². The van der Waals surface area contributed by atoms with Crippen LogP contribution in [0.4, 0.5) is 0 Å². The second kappa shape index (κ2) is 5.00. The van der Waals surface area contributed by atoms with Crippen molar-refractivity contribution in [2.45, 2.75) is 43.9 Å². The SMILES string of the molecule is OCCC[C@H]1CCC[C@@H](Cl)C1. The summed E-state index contributed by atoms with van der Waals surface area (Å²) in [5, 5.41) is 9.04. The quantitative estimate of drug-likeness (QED) is 0.656. The summed E-state index contributed by atoms with van der Waals surface area (Å²) >= 11 is 6.03. The van der Waals surface area contributed by atoms with Gasteiger partial charge < -0.3 is 5.11 Å². The Balaban J connectivity index is 2.12. The molecule has 1 fully saturated rings. The number of aliphatic hydroxyl groups excluding tert-OH is 1. The summed E-state index contributed by atoms with van der Waals surface area (Å²) < 4.78 is 0. The van der Waals surface area contributed by atoms with E-state index in [2.05, 4.69) is 0 Å². The van der Waals surface area contributed by atoms with E-state index >= 15 is 0 Å². The molecule has 66 valence electrons. The lowest BCUT2D eigenvalue weighted by Crippen LogP contribution is -2.15. The van der Waals surface area contributed by atoms with Crippen LogP contribution in [-0.4, -0.2) is 17.1 Å². The molecule has 0 amide bonds. The Bertz CT molecular complexity index is 106. The summed E-state index contributed by atoms with van der Waals surface area (Å²) in [4.78, 5) is 0. The zero-order chi connectivity index (χ0) is 8.10. The van der Waals surface area contributed by atoms with Gasteiger partial charge in [-0.25, -0.2) is 0 Å². The van der Waals surface area contributed by atoms with Gasteiger partial charge in [0, 0.05) is 12.0 Å². The second-order valence-corrected chi connectivity index (χ2v) is 4.11. The first-order valence-corrected chi connectivity index (χ1v) is 5.01. The number of hydrogen-bond donors (Lipinski definition) is 1. The predicted octanol–water partition coefficient (Wildman–Crippen LogP) is 2.56. The molecule has 11 heavy (non-hydrogen) atoms. The fourth-order valence-corrected chi connectivity index (χ4v) is 2.27. The predicted molar refractivity (Wildman–Crippen MR) is 47.9 cm³/mol. The van der Waals surface area contributed by atoms with Gasteiger partial charge in [0.05, 0.1) is 0 Å². The van der Waals surface area contributed by atoms with Crippen LogP contribution in [0, 0.1) is 5.92 Å². The molecule has 1 aliphatic rings. The molecular formula is C9H17ClO. The monoisotopic (exact) mass is 176 g/mol. The van der Waals surface area contributed by atoms with Crippen LogP contribution in [-0.2, 0) is 0 Å². The largest absolute Gasteiger partial charge is 0.396 e. The van der Waals surface area contributed by atoms with Crippen LogP contribution in [0.25, 0.3) is 0 Å². The Morgan fingerprint density at radius 3 is 2.82 bits per heavy atom. The summed E-state index contributed by atoms with van der Waals surface area (Å²) in [7, 11) is 0. The van der Waals surface area contributed by atoms with Crippen molar-refractivity contribution < 1.29 is 5.11 Å². The number of halogens is 1. The van der Waals surface area contributed by atoms with Crippen LogP contribution in [0.1, 0.15) is 38.5 Å². The van der Waals surface area contributed by atoms with Crippen molar-refractivity contribution in [3.05, 3.63) is 0 Å². The van der Waals surface area contributed by atoms with Crippen molar-refractivity contribution in [1.29, 1.82) is 0 Å². The van der Waals surface area contributed by atoms with Crippen molar-refractivity contribution in [2.24, 2.45) is 5.92 Å². The van der Waals surface area contributed by atoms with Gasteiger partial charge in [-0.2, -0.15) is 0 Å². The Hall–Kier alpha value is 0.250. The van der Waals surface area contributed by atoms with E-state index in [1.807, 2.05) is 0 Å². The second-order valence-electron chi connectivity index (χ2n) is 3.50. The molecule has 0 aromatic rings. The minimum atomic E-state index is 0.337. The first-order chi connectivity index (χ1) is 5.33. The zero-order valence-corrected chi connectivity index (χ0v) is 7.69. The highest BCUT2D eigenvalue weighted by atomic mass is 35.5. The van der Waals surface area contributed by atoms with E-state index in [1.54, 1.807) is 0 Å². The molecule has 1 N–H and O–H groups in total. The van der Waals surface area contributed by atoms with E-state index in [4.69, 9.17) is 16.7 Å². The van der Waals surface area contributed by atoms with Crippen LogP contribution in [0.3, 0.4) is 0 Å². The van der Waals surface area contributed by atoms with Crippen LogP contribution in [0.5, 0.6) is 0 Å². The van der Waals surface area contributed by atoms with Crippen molar-refractivity contribution in [3.63, 3.8) is 0 Å². The van der Waals surface area contributed by atoms with Gasteiger partial charge in [0.1, 0.15) is 0 Å². The van der Waals surface area contributed by atoms with E-state index < -0.39 is 0 Å². The molecule has 1 saturated carbocycles. The fourth-order valence-electron chi connectivity index (χ4n) is 1.87. The highest BCUT2D eigenvalue weighted by Crippen LogP contribution is 2.30. The fraction of sp³-hybridized carbons (Fsp3) is 1.00. The Morgan fingerprint density at radius 1 is 1.36 bits per heavy atom. The van der Waals surface area contributed by atoms with E-state index in [0.717, 1.165) is 12.3 Å². The standard InChI is InChI=1S/C9H17ClO/c10-9-5-1-3-8(7-9)4-2-6-11/h8-9,11H,1-7H2/t8-,9-/m1/s1. The molecule has 0 heterocycles. The minimum absolute atomic E-state index is 0.337. The van der Waals surface area contributed by atoms with Crippen molar-refractivity contribution >= 4 is 11.6 Å². The number of aliphatic hydroxyl groups is 1. The zero-order valence-electron chi connectivity index (χ0n) is 6.93. The summed E-state index contributed by atoms with van der Waals surface area (Å²) in [6, 6.07) is 0. The van der Waals surface area contributed by atoms with Gasteiger partial charge >= 0.3 is 0 Å². The van der Waals surface area contributed by atoms with Crippen LogP contribution in [0.15, 0.2) is 0 Å². The maximum atomic E-state index is 8.63. The topological polar surface area (TPSA) is 20.2 Å². The molecular weight excluding hydrogens is 160 g/mol. The Labute approximate surface area is 73.8 Å². The van der Waals surface area contributed by atoms with Crippen molar-refractivity contribution in [2.75, 3.05) is 6.61 Å². The molecule has 0 unspecified atom stereocenters. The molecule has 0 spiro atoms. The lowest BCUT2D eigenvalue weighted by atomic mass is 9.86. The van der Waals surface area contributed by atoms with E-state index in [9.17, 15) is 0 Å². The highest BCUT2D eigenvalue weighted by molar-refractivity contribution is 6.20. The van der Waals surface area contributed by atoms with Gasteiger partial charge in [0.25, 0.3) is 0 Å². The average molecular weight is 177 g/mol. The summed E-state index contributed by atoms with van der Waals surface area (Å²) in [5.74, 6) is 0.790. The molecule has 0 bridgehead atoms. The maximum Gasteiger partial charge on any atom is 0.0431 e. The van der Waals surface area contributed by atoms with Crippen molar-refractivity contribution in [1.82, 2.24) is 0 Å². The maximum absolute atomic E-state index is 8.63. The third-order valence-corrected chi connectivity index (χ3v) is 2.89. The number of hydrogen-bond acceptors (Lipinski definition) is 1. The highest BCUT2D eigenvalue weighted by Gasteiger charge is 2.19. The minimum Gasteiger partial charge on any atom is -0.396 e. The van der Waals surface area contributed by atoms with Gasteiger partial charge in [-0.3, -0.25) is 0 Å². The van der Waals surface area contributed by atoms with Gasteiger partial charge in [-0.05, 0) is 31.6 Å².